The lowest BCUT2D eigenvalue weighted by Gasteiger charge is -2.29. The molecule has 0 aromatic rings. The molecule has 0 aliphatic carbocycles. The lowest BCUT2D eigenvalue weighted by atomic mass is 10.5. The van der Waals surface area contributed by atoms with Crippen LogP contribution in [0.3, 0.4) is 0 Å². The summed E-state index contributed by atoms with van der Waals surface area (Å²) in [5.41, 5.74) is 0. The van der Waals surface area contributed by atoms with Gasteiger partial charge in [0.25, 0.3) is 0 Å². The number of quaternary nitrogens is 1. The lowest BCUT2D eigenvalue weighted by molar-refractivity contribution is -1.04. The lowest BCUT2D eigenvalue weighted by Crippen LogP contribution is -2.35. The highest BCUT2D eigenvalue weighted by Crippen LogP contribution is 2.40. The summed E-state index contributed by atoms with van der Waals surface area (Å²) in [4.78, 5) is 21.9. The molecule has 0 amide bonds. The minimum absolute atomic E-state index is 0.0647. The fraction of sp³-hybridized carbons (Fsp3) is 0.667. The molecule has 1 unspecified atom stereocenters. The molecule has 0 aromatic carbocycles. The van der Waals surface area contributed by atoms with Crippen LogP contribution in [0.25, 0.3) is 0 Å². The first-order valence-corrected chi connectivity index (χ1v) is 6.40. The first-order valence-electron chi connectivity index (χ1n) is 4.94. The number of hydrogen-bond acceptors (Lipinski definition) is 6. The second kappa shape index (κ2) is 6.88. The predicted octanol–water partition coefficient (Wildman–Crippen LogP) is 0.228. The van der Waals surface area contributed by atoms with Crippen molar-refractivity contribution in [2.75, 3.05) is 34.4 Å². The van der Waals surface area contributed by atoms with E-state index in [2.05, 4.69) is 20.5 Å². The van der Waals surface area contributed by atoms with Crippen molar-refractivity contribution in [2.24, 2.45) is 0 Å². The summed E-state index contributed by atoms with van der Waals surface area (Å²) in [5.74, 6) is -0.557. The Morgan fingerprint density at radius 1 is 1.41 bits per heavy atom. The van der Waals surface area contributed by atoms with Crippen molar-refractivity contribution < 1.29 is 32.8 Å². The molecule has 1 atom stereocenters. The van der Waals surface area contributed by atoms with E-state index in [1.54, 1.807) is 21.1 Å². The van der Waals surface area contributed by atoms with E-state index in [4.69, 9.17) is 0 Å². The molecule has 0 aromatic heterocycles. The van der Waals surface area contributed by atoms with Gasteiger partial charge in [-0.2, -0.15) is 4.65 Å². The van der Waals surface area contributed by atoms with Gasteiger partial charge in [0.15, 0.2) is 0 Å². The van der Waals surface area contributed by atoms with Gasteiger partial charge < -0.3 is 14.2 Å². The van der Waals surface area contributed by atoms with Gasteiger partial charge in [-0.15, -0.1) is 4.62 Å². The van der Waals surface area contributed by atoms with Gasteiger partial charge in [0.1, 0.15) is 0 Å². The predicted molar refractivity (Wildman–Crippen MR) is 58.4 cm³/mol. The normalized spacial score (nSPS) is 15.1. The van der Waals surface area contributed by atoms with Crippen LogP contribution in [0.4, 0.5) is 0 Å². The van der Waals surface area contributed by atoms with Crippen molar-refractivity contribution in [1.29, 1.82) is 0 Å². The van der Waals surface area contributed by atoms with Crippen molar-refractivity contribution in [3.63, 3.8) is 0 Å². The minimum Gasteiger partial charge on any atom is -0.752 e. The van der Waals surface area contributed by atoms with Crippen LogP contribution in [0, 0.1) is 0 Å². The molecular formula is C9H18NO6P. The molecule has 0 heterocycles. The first-order chi connectivity index (χ1) is 7.66. The third-order valence-electron chi connectivity index (χ3n) is 1.29. The summed E-state index contributed by atoms with van der Waals surface area (Å²) in [6, 6.07) is 0. The fourth-order valence-electron chi connectivity index (χ4n) is 0.791. The number of ether oxygens (including phenoxy) is 1. The molecule has 0 fully saturated rings. The van der Waals surface area contributed by atoms with Gasteiger partial charge in [0, 0.05) is 12.5 Å². The van der Waals surface area contributed by atoms with E-state index in [-0.39, 0.29) is 24.3 Å². The Bertz CT molecular complexity index is 311. The Balaban J connectivity index is 3.77. The average molecular weight is 267 g/mol. The van der Waals surface area contributed by atoms with E-state index in [9.17, 15) is 14.3 Å². The molecule has 0 rings (SSSR count). The van der Waals surface area contributed by atoms with Gasteiger partial charge in [-0.05, 0) is 0 Å². The third-order valence-corrected chi connectivity index (χ3v) is 2.48. The van der Waals surface area contributed by atoms with Crippen molar-refractivity contribution in [3.8, 4) is 0 Å². The standard InChI is InChI=1S/C9H18NO6P/c1-5-9(11)14-7-6-8-15-17(12,13)16-10(2,3)4/h5H,1,6-8H2,2-4H3. The number of hydrogen-bond donors (Lipinski definition) is 0. The highest BCUT2D eigenvalue weighted by Gasteiger charge is 2.20. The van der Waals surface area contributed by atoms with Crippen molar-refractivity contribution in [3.05, 3.63) is 12.7 Å². The van der Waals surface area contributed by atoms with Crippen molar-refractivity contribution in [2.45, 2.75) is 6.42 Å². The Morgan fingerprint density at radius 3 is 2.47 bits per heavy atom. The number of rotatable bonds is 8. The van der Waals surface area contributed by atoms with Gasteiger partial charge in [-0.1, -0.05) is 6.58 Å². The van der Waals surface area contributed by atoms with E-state index in [1.807, 2.05) is 0 Å². The zero-order chi connectivity index (χ0) is 13.5. The van der Waals surface area contributed by atoms with Crippen LogP contribution in [0.1, 0.15) is 6.42 Å². The fourth-order valence-corrected chi connectivity index (χ4v) is 1.79. The quantitative estimate of drug-likeness (QED) is 0.156. The maximum absolute atomic E-state index is 11.2. The molecule has 0 aliphatic heterocycles. The molecule has 0 aliphatic rings. The Labute approximate surface area is 101 Å². The van der Waals surface area contributed by atoms with Crippen LogP contribution >= 0.6 is 7.82 Å². The topological polar surface area (TPSA) is 84.9 Å². The Morgan fingerprint density at radius 2 is 2.00 bits per heavy atom. The van der Waals surface area contributed by atoms with E-state index >= 15 is 0 Å². The van der Waals surface area contributed by atoms with Gasteiger partial charge >= 0.3 is 13.8 Å². The zero-order valence-corrected chi connectivity index (χ0v) is 11.1. The summed E-state index contributed by atoms with van der Waals surface area (Å²) in [7, 11) is 0.301. The largest absolute Gasteiger partial charge is 0.752 e. The molecule has 0 bridgehead atoms. The third kappa shape index (κ3) is 10.2. The zero-order valence-electron chi connectivity index (χ0n) is 10.2. The molecule has 17 heavy (non-hydrogen) atoms. The minimum atomic E-state index is -4.32. The summed E-state index contributed by atoms with van der Waals surface area (Å²) < 4.78 is 24.9. The summed E-state index contributed by atoms with van der Waals surface area (Å²) in [6.45, 7) is 3.18. The van der Waals surface area contributed by atoms with E-state index < -0.39 is 13.8 Å². The first kappa shape index (κ1) is 16.3. The number of carbonyl (C=O) groups excluding carboxylic acids is 1. The summed E-state index contributed by atoms with van der Waals surface area (Å²) in [5, 5.41) is 0. The van der Waals surface area contributed by atoms with Crippen molar-refractivity contribution >= 4 is 13.8 Å². The van der Waals surface area contributed by atoms with Gasteiger partial charge in [-0.25, -0.2) is 4.79 Å². The molecule has 8 heteroatoms. The SMILES string of the molecule is C=CC(=O)OCCCOP(=O)([O-])O[N+](C)(C)C. The number of esters is 1. The van der Waals surface area contributed by atoms with E-state index in [1.165, 1.54) is 0 Å². The maximum Gasteiger partial charge on any atom is 0.330 e. The van der Waals surface area contributed by atoms with Gasteiger partial charge in [0.05, 0.1) is 34.4 Å². The number of phosphoric acid groups is 1. The van der Waals surface area contributed by atoms with E-state index in [0.717, 1.165) is 6.08 Å². The molecule has 0 N–H and O–H groups in total. The molecule has 0 spiro atoms. The number of nitrogens with zero attached hydrogens (tertiary/aromatic N) is 1. The molecular weight excluding hydrogens is 249 g/mol. The smallest absolute Gasteiger partial charge is 0.330 e. The van der Waals surface area contributed by atoms with Crippen LogP contribution in [-0.2, 0) is 23.2 Å². The number of carbonyl (C=O) groups is 1. The van der Waals surface area contributed by atoms with Crippen molar-refractivity contribution in [1.82, 2.24) is 0 Å². The average Bonchev–Trinajstić information content (AvgIpc) is 2.12. The van der Waals surface area contributed by atoms with Crippen LogP contribution in [-0.4, -0.2) is 45.0 Å². The molecule has 7 nitrogen and oxygen atoms in total. The monoisotopic (exact) mass is 267 g/mol. The van der Waals surface area contributed by atoms with Crippen LogP contribution < -0.4 is 4.89 Å². The van der Waals surface area contributed by atoms with Gasteiger partial charge in [0.2, 0.25) is 0 Å². The summed E-state index contributed by atoms with van der Waals surface area (Å²) >= 11 is 0. The Kier molecular flexibility index (Phi) is 6.59. The second-order valence-corrected chi connectivity index (χ2v) is 5.29. The van der Waals surface area contributed by atoms with Crippen LogP contribution in [0.15, 0.2) is 12.7 Å². The number of phosphoric ester groups is 1. The highest BCUT2D eigenvalue weighted by molar-refractivity contribution is 7.45. The maximum atomic E-state index is 11.2. The Hall–Kier alpha value is -0.720. The second-order valence-electron chi connectivity index (χ2n) is 3.98. The number of hydroxylamine groups is 3. The van der Waals surface area contributed by atoms with E-state index in [0.29, 0.717) is 0 Å². The van der Waals surface area contributed by atoms with Gasteiger partial charge in [-0.3, -0.25) is 4.57 Å². The van der Waals surface area contributed by atoms with Crippen LogP contribution in [0.5, 0.6) is 0 Å². The highest BCUT2D eigenvalue weighted by atomic mass is 31.2. The molecule has 0 radical (unpaired) electrons. The molecule has 0 saturated heterocycles. The van der Waals surface area contributed by atoms with Crippen LogP contribution in [0.2, 0.25) is 0 Å². The molecule has 100 valence electrons. The summed E-state index contributed by atoms with van der Waals surface area (Å²) in [6.07, 6.45) is 1.28. The molecule has 0 saturated carbocycles.